The molecule has 0 amide bonds. The lowest BCUT2D eigenvalue weighted by Gasteiger charge is -2.29. The van der Waals surface area contributed by atoms with Crippen molar-refractivity contribution in [1.29, 1.82) is 0 Å². The molecule has 0 atom stereocenters. The number of aryl methyl sites for hydroxylation is 1. The summed E-state index contributed by atoms with van der Waals surface area (Å²) in [5.74, 6) is 0. The van der Waals surface area contributed by atoms with Gasteiger partial charge in [0, 0.05) is 31.9 Å². The lowest BCUT2D eigenvalue weighted by molar-refractivity contribution is 0.0389. The van der Waals surface area contributed by atoms with Crippen LogP contribution in [0.4, 0.5) is 5.69 Å². The van der Waals surface area contributed by atoms with E-state index < -0.39 is 0 Å². The average Bonchev–Trinajstić information content (AvgIpc) is 2.67. The largest absolute Gasteiger partial charge is 0.379 e. The van der Waals surface area contributed by atoms with E-state index in [1.807, 2.05) is 6.07 Å². The van der Waals surface area contributed by atoms with Gasteiger partial charge in [0.1, 0.15) is 0 Å². The van der Waals surface area contributed by atoms with E-state index in [1.54, 1.807) is 0 Å². The van der Waals surface area contributed by atoms with Crippen molar-refractivity contribution in [1.82, 2.24) is 10.2 Å². The van der Waals surface area contributed by atoms with Crippen molar-refractivity contribution in [2.24, 2.45) is 0 Å². The number of anilines is 1. The van der Waals surface area contributed by atoms with Crippen LogP contribution in [-0.4, -0.2) is 49.4 Å². The number of hydrogen-bond acceptors (Lipinski definition) is 3. The number of benzene rings is 2. The minimum atomic E-state index is 0.758. The van der Waals surface area contributed by atoms with Crippen molar-refractivity contribution in [2.45, 2.75) is 13.5 Å². The number of hydrogen-bond donors (Lipinski definition) is 1. The van der Waals surface area contributed by atoms with Crippen LogP contribution in [0.3, 0.4) is 0 Å². The fourth-order valence-electron chi connectivity index (χ4n) is 3.08. The zero-order valence-corrected chi connectivity index (χ0v) is 16.2. The molecule has 1 saturated heterocycles. The zero-order chi connectivity index (χ0) is 18.2. The Kier molecular flexibility index (Phi) is 7.00. The van der Waals surface area contributed by atoms with Gasteiger partial charge < -0.3 is 15.0 Å². The Morgan fingerprint density at radius 3 is 2.62 bits per heavy atom. The maximum Gasteiger partial charge on any atom is 0.173 e. The van der Waals surface area contributed by atoms with Crippen molar-refractivity contribution in [2.75, 3.05) is 44.3 Å². The number of morpholine rings is 1. The highest BCUT2D eigenvalue weighted by Gasteiger charge is 2.14. The van der Waals surface area contributed by atoms with Crippen molar-refractivity contribution >= 4 is 23.0 Å². The molecule has 1 aliphatic rings. The van der Waals surface area contributed by atoms with E-state index >= 15 is 0 Å². The van der Waals surface area contributed by atoms with Gasteiger partial charge in [-0.05, 0) is 42.4 Å². The van der Waals surface area contributed by atoms with Crippen LogP contribution in [0.15, 0.2) is 54.6 Å². The van der Waals surface area contributed by atoms with Gasteiger partial charge in [-0.2, -0.15) is 0 Å². The Labute approximate surface area is 161 Å². The lowest BCUT2D eigenvalue weighted by Crippen LogP contribution is -2.45. The molecule has 5 heteroatoms. The van der Waals surface area contributed by atoms with Crippen LogP contribution in [0.2, 0.25) is 0 Å². The van der Waals surface area contributed by atoms with E-state index in [0.29, 0.717) is 0 Å². The van der Waals surface area contributed by atoms with Crippen molar-refractivity contribution in [3.63, 3.8) is 0 Å². The van der Waals surface area contributed by atoms with Crippen molar-refractivity contribution in [3.8, 4) is 0 Å². The Morgan fingerprint density at radius 2 is 1.88 bits per heavy atom. The van der Waals surface area contributed by atoms with Gasteiger partial charge in [-0.1, -0.05) is 42.5 Å². The first-order valence-electron chi connectivity index (χ1n) is 9.18. The summed E-state index contributed by atoms with van der Waals surface area (Å²) in [6.45, 7) is 8.35. The minimum Gasteiger partial charge on any atom is -0.379 e. The molecule has 0 bridgehead atoms. The smallest absolute Gasteiger partial charge is 0.173 e. The van der Waals surface area contributed by atoms with E-state index in [4.69, 9.17) is 17.0 Å². The molecule has 2 aromatic rings. The molecule has 4 nitrogen and oxygen atoms in total. The van der Waals surface area contributed by atoms with Gasteiger partial charge in [0.15, 0.2) is 5.11 Å². The third-order valence-corrected chi connectivity index (χ3v) is 4.91. The first-order valence-corrected chi connectivity index (χ1v) is 9.59. The molecular formula is C21H27N3OS. The van der Waals surface area contributed by atoms with Crippen LogP contribution in [-0.2, 0) is 11.3 Å². The molecule has 1 fully saturated rings. The highest BCUT2D eigenvalue weighted by molar-refractivity contribution is 7.80. The van der Waals surface area contributed by atoms with Crippen LogP contribution in [0.25, 0.3) is 0 Å². The molecule has 1 aliphatic heterocycles. The van der Waals surface area contributed by atoms with Gasteiger partial charge in [-0.3, -0.25) is 4.90 Å². The van der Waals surface area contributed by atoms with E-state index in [-0.39, 0.29) is 0 Å². The summed E-state index contributed by atoms with van der Waals surface area (Å²) >= 11 is 5.74. The molecule has 0 saturated carbocycles. The van der Waals surface area contributed by atoms with Crippen molar-refractivity contribution in [3.05, 3.63) is 65.7 Å². The summed E-state index contributed by atoms with van der Waals surface area (Å²) in [4.78, 5) is 4.59. The van der Waals surface area contributed by atoms with Crippen LogP contribution in [0.1, 0.15) is 11.1 Å². The zero-order valence-electron chi connectivity index (χ0n) is 15.4. The molecule has 0 spiro atoms. The standard InChI is InChI=1S/C21H27N3OS/c1-18-6-5-9-20(16-18)24(17-19-7-3-2-4-8-19)21(26)22-10-11-23-12-14-25-15-13-23/h2-9,16H,10-15,17H2,1H3,(H,22,26). The number of ether oxygens (including phenoxy) is 1. The molecule has 1 heterocycles. The number of thiocarbonyl (C=S) groups is 1. The molecule has 0 radical (unpaired) electrons. The number of nitrogens with one attached hydrogen (secondary N) is 1. The summed E-state index contributed by atoms with van der Waals surface area (Å²) in [6.07, 6.45) is 0. The fourth-order valence-corrected chi connectivity index (χ4v) is 3.36. The SMILES string of the molecule is Cc1cccc(N(Cc2ccccc2)C(=S)NCCN2CCOCC2)c1. The summed E-state index contributed by atoms with van der Waals surface area (Å²) in [5.41, 5.74) is 3.60. The summed E-state index contributed by atoms with van der Waals surface area (Å²) < 4.78 is 5.40. The lowest BCUT2D eigenvalue weighted by atomic mass is 10.1. The van der Waals surface area contributed by atoms with Gasteiger partial charge in [0.05, 0.1) is 19.8 Å². The summed E-state index contributed by atoms with van der Waals surface area (Å²) in [5, 5.41) is 4.21. The Hall–Kier alpha value is -1.95. The Balaban J connectivity index is 1.64. The minimum absolute atomic E-state index is 0.758. The topological polar surface area (TPSA) is 27.7 Å². The van der Waals surface area contributed by atoms with Gasteiger partial charge in [0.25, 0.3) is 0 Å². The molecule has 0 aliphatic carbocycles. The van der Waals surface area contributed by atoms with Gasteiger partial charge in [-0.15, -0.1) is 0 Å². The molecule has 3 rings (SSSR count). The third-order valence-electron chi connectivity index (χ3n) is 4.55. The normalized spacial score (nSPS) is 14.8. The predicted molar refractivity (Wildman–Crippen MR) is 112 cm³/mol. The van der Waals surface area contributed by atoms with E-state index in [9.17, 15) is 0 Å². The summed E-state index contributed by atoms with van der Waals surface area (Å²) in [6, 6.07) is 18.9. The maximum atomic E-state index is 5.74. The molecule has 2 aromatic carbocycles. The molecule has 0 unspecified atom stereocenters. The van der Waals surface area contributed by atoms with E-state index in [2.05, 4.69) is 70.6 Å². The fraction of sp³-hybridized carbons (Fsp3) is 0.381. The number of rotatable bonds is 6. The van der Waals surface area contributed by atoms with Crippen LogP contribution in [0.5, 0.6) is 0 Å². The third kappa shape index (κ3) is 5.53. The molecule has 26 heavy (non-hydrogen) atoms. The second-order valence-electron chi connectivity index (χ2n) is 6.60. The summed E-state index contributed by atoms with van der Waals surface area (Å²) in [7, 11) is 0. The van der Waals surface area contributed by atoms with Crippen LogP contribution < -0.4 is 10.2 Å². The first kappa shape index (κ1) is 18.8. The van der Waals surface area contributed by atoms with Gasteiger partial charge >= 0.3 is 0 Å². The Morgan fingerprint density at radius 1 is 1.12 bits per heavy atom. The maximum absolute atomic E-state index is 5.74. The predicted octanol–water partition coefficient (Wildman–Crippen LogP) is 3.21. The average molecular weight is 370 g/mol. The van der Waals surface area contributed by atoms with Gasteiger partial charge in [0.2, 0.25) is 0 Å². The van der Waals surface area contributed by atoms with Crippen LogP contribution >= 0.6 is 12.2 Å². The van der Waals surface area contributed by atoms with Crippen LogP contribution in [0, 0.1) is 6.92 Å². The molecule has 138 valence electrons. The van der Waals surface area contributed by atoms with Crippen molar-refractivity contribution < 1.29 is 4.74 Å². The van der Waals surface area contributed by atoms with E-state index in [1.165, 1.54) is 11.1 Å². The first-order chi connectivity index (χ1) is 12.7. The number of nitrogens with zero attached hydrogens (tertiary/aromatic N) is 2. The monoisotopic (exact) mass is 369 g/mol. The molecular weight excluding hydrogens is 342 g/mol. The second-order valence-corrected chi connectivity index (χ2v) is 6.98. The highest BCUT2D eigenvalue weighted by atomic mass is 32.1. The molecule has 1 N–H and O–H groups in total. The molecule has 0 aromatic heterocycles. The second kappa shape index (κ2) is 9.67. The highest BCUT2D eigenvalue weighted by Crippen LogP contribution is 2.19. The quantitative estimate of drug-likeness (QED) is 0.790. The van der Waals surface area contributed by atoms with Gasteiger partial charge in [-0.25, -0.2) is 0 Å². The Bertz CT molecular complexity index is 701. The van der Waals surface area contributed by atoms with E-state index in [0.717, 1.165) is 56.7 Å².